The Labute approximate surface area is 120 Å². The molecule has 5 N–H and O–H groups in total. The summed E-state index contributed by atoms with van der Waals surface area (Å²) in [5, 5.41) is 47.2. The van der Waals surface area contributed by atoms with Crippen molar-refractivity contribution < 1.29 is 25.5 Å². The Morgan fingerprint density at radius 2 is 0.700 bits per heavy atom. The fraction of sp³-hybridized carbons (Fsp3) is 1.00. The van der Waals surface area contributed by atoms with Gasteiger partial charge in [-0.25, -0.2) is 0 Å². The number of rotatable bonds is 4. The third kappa shape index (κ3) is 3.92. The Bertz CT molecular complexity index is 250. The molecule has 5 nitrogen and oxygen atoms in total. The maximum Gasteiger partial charge on any atom is 0.154 e. The van der Waals surface area contributed by atoms with Crippen molar-refractivity contribution in [2.75, 3.05) is 0 Å². The molecule has 20 heavy (non-hydrogen) atoms. The molecule has 0 aliphatic heterocycles. The molecule has 0 aromatic rings. The first-order valence-electron chi connectivity index (χ1n) is 7.89. The molecule has 0 amide bonds. The second-order valence-electron chi connectivity index (χ2n) is 6.67. The lowest BCUT2D eigenvalue weighted by molar-refractivity contribution is -0.110. The van der Waals surface area contributed by atoms with Gasteiger partial charge < -0.3 is 25.5 Å². The largest absolute Gasteiger partial charge is 0.393 e. The van der Waals surface area contributed by atoms with Gasteiger partial charge in [0.1, 0.15) is 0 Å². The highest BCUT2D eigenvalue weighted by atomic mass is 16.5. The second-order valence-corrected chi connectivity index (χ2v) is 6.67. The quantitative estimate of drug-likeness (QED) is 0.487. The van der Waals surface area contributed by atoms with Crippen molar-refractivity contribution in [1.29, 1.82) is 0 Å². The van der Waals surface area contributed by atoms with E-state index in [1.54, 1.807) is 0 Å². The van der Waals surface area contributed by atoms with Gasteiger partial charge in [0.15, 0.2) is 12.6 Å². The summed E-state index contributed by atoms with van der Waals surface area (Å²) in [5.74, 6) is 0.425. The molecule has 2 saturated carbocycles. The molecule has 0 bridgehead atoms. The van der Waals surface area contributed by atoms with Gasteiger partial charge in [-0.15, -0.1) is 0 Å². The predicted octanol–water partition coefficient (Wildman–Crippen LogP) is 0.581. The minimum absolute atomic E-state index is 0.0428. The molecule has 0 atom stereocenters. The molecule has 2 rings (SSSR count). The molecule has 2 aliphatic carbocycles. The maximum atomic E-state index is 10.5. The molecule has 2 aliphatic rings. The molecule has 0 radical (unpaired) electrons. The molecule has 0 unspecified atom stereocenters. The van der Waals surface area contributed by atoms with Gasteiger partial charge in [0.2, 0.25) is 0 Å². The lowest BCUT2D eigenvalue weighted by Gasteiger charge is -2.38. The van der Waals surface area contributed by atoms with Gasteiger partial charge in [0.05, 0.1) is 6.10 Å². The van der Waals surface area contributed by atoms with Crippen LogP contribution < -0.4 is 0 Å². The summed E-state index contributed by atoms with van der Waals surface area (Å²) in [6.45, 7) is 0. The van der Waals surface area contributed by atoms with Crippen LogP contribution in [0, 0.1) is 23.7 Å². The normalized spacial score (nSPS) is 37.4. The van der Waals surface area contributed by atoms with Crippen LogP contribution in [0.5, 0.6) is 0 Å². The molecule has 118 valence electrons. The van der Waals surface area contributed by atoms with E-state index in [9.17, 15) is 25.5 Å². The molecule has 5 heteroatoms. The fourth-order valence-electron chi connectivity index (χ4n) is 3.95. The van der Waals surface area contributed by atoms with Gasteiger partial charge in [-0.1, -0.05) is 0 Å². The van der Waals surface area contributed by atoms with Crippen LogP contribution in [0.2, 0.25) is 0 Å². The van der Waals surface area contributed by atoms with Crippen LogP contribution in [0.15, 0.2) is 0 Å². The van der Waals surface area contributed by atoms with Crippen molar-refractivity contribution in [2.45, 2.75) is 70.1 Å². The summed E-state index contributed by atoms with van der Waals surface area (Å²) >= 11 is 0. The van der Waals surface area contributed by atoms with E-state index in [1.165, 1.54) is 0 Å². The number of hydrogen-bond acceptors (Lipinski definition) is 5. The lowest BCUT2D eigenvalue weighted by atomic mass is 9.71. The maximum absolute atomic E-state index is 10.5. The minimum atomic E-state index is -1.23. The van der Waals surface area contributed by atoms with E-state index in [0.717, 1.165) is 51.4 Å². The molecule has 0 aromatic heterocycles. The molecular weight excluding hydrogens is 260 g/mol. The van der Waals surface area contributed by atoms with Gasteiger partial charge >= 0.3 is 0 Å². The Kier molecular flexibility index (Phi) is 5.81. The van der Waals surface area contributed by atoms with E-state index in [2.05, 4.69) is 0 Å². The van der Waals surface area contributed by atoms with Crippen molar-refractivity contribution in [1.82, 2.24) is 0 Å². The van der Waals surface area contributed by atoms with Crippen molar-refractivity contribution in [3.8, 4) is 0 Å². The first kappa shape index (κ1) is 16.2. The topological polar surface area (TPSA) is 101 Å². The molecule has 0 spiro atoms. The Morgan fingerprint density at radius 1 is 0.450 bits per heavy atom. The van der Waals surface area contributed by atoms with Gasteiger partial charge in [-0.05, 0) is 63.2 Å². The Hall–Kier alpha value is -0.200. The third-order valence-corrected chi connectivity index (χ3v) is 5.44. The molecule has 0 saturated heterocycles. The Morgan fingerprint density at radius 3 is 0.950 bits per heavy atom. The first-order valence-corrected chi connectivity index (χ1v) is 7.89. The summed E-state index contributed by atoms with van der Waals surface area (Å²) in [6.07, 6.45) is 3.70. The zero-order valence-electron chi connectivity index (χ0n) is 11.9. The smallest absolute Gasteiger partial charge is 0.154 e. The molecule has 0 aromatic carbocycles. The first-order chi connectivity index (χ1) is 9.49. The van der Waals surface area contributed by atoms with Gasteiger partial charge in [-0.2, -0.15) is 0 Å². The average Bonchev–Trinajstić information content (AvgIpc) is 2.46. The van der Waals surface area contributed by atoms with E-state index in [1.807, 2.05) is 0 Å². The summed E-state index contributed by atoms with van der Waals surface area (Å²) in [6, 6.07) is 0. The summed E-state index contributed by atoms with van der Waals surface area (Å²) in [7, 11) is 0. The third-order valence-electron chi connectivity index (χ3n) is 5.44. The van der Waals surface area contributed by atoms with Crippen molar-refractivity contribution in [3.05, 3.63) is 0 Å². The van der Waals surface area contributed by atoms with Crippen LogP contribution in [0.25, 0.3) is 0 Å². The van der Waals surface area contributed by atoms with Crippen LogP contribution in [0.1, 0.15) is 51.4 Å². The van der Waals surface area contributed by atoms with E-state index >= 15 is 0 Å². The van der Waals surface area contributed by atoms with Crippen LogP contribution in [-0.2, 0) is 0 Å². The zero-order valence-corrected chi connectivity index (χ0v) is 11.9. The van der Waals surface area contributed by atoms with Crippen molar-refractivity contribution in [3.63, 3.8) is 0 Å². The highest BCUT2D eigenvalue weighted by molar-refractivity contribution is 4.85. The van der Waals surface area contributed by atoms with Gasteiger partial charge in [-0.3, -0.25) is 0 Å². The zero-order chi connectivity index (χ0) is 14.7. The van der Waals surface area contributed by atoms with E-state index < -0.39 is 12.6 Å². The Balaban J connectivity index is 1.77. The summed E-state index contributed by atoms with van der Waals surface area (Å²) < 4.78 is 0. The summed E-state index contributed by atoms with van der Waals surface area (Å²) in [4.78, 5) is 0. The van der Waals surface area contributed by atoms with Crippen LogP contribution in [0.3, 0.4) is 0 Å². The monoisotopic (exact) mass is 288 g/mol. The van der Waals surface area contributed by atoms with Gasteiger partial charge in [0.25, 0.3) is 0 Å². The molecule has 0 heterocycles. The fourth-order valence-corrected chi connectivity index (χ4v) is 3.95. The SMILES string of the molecule is OC(O)C1CCC(C(O)C2CCC(C(O)O)CC2)CC1. The van der Waals surface area contributed by atoms with Crippen molar-refractivity contribution in [2.24, 2.45) is 23.7 Å². The number of aliphatic hydroxyl groups is 5. The molecular formula is C15H28O5. The lowest BCUT2D eigenvalue weighted by Crippen LogP contribution is -2.37. The average molecular weight is 288 g/mol. The number of aliphatic hydroxyl groups excluding tert-OH is 3. The second kappa shape index (κ2) is 7.18. The number of hydrogen-bond donors (Lipinski definition) is 5. The van der Waals surface area contributed by atoms with Crippen LogP contribution >= 0.6 is 0 Å². The highest BCUT2D eigenvalue weighted by Gasteiger charge is 2.35. The van der Waals surface area contributed by atoms with Crippen LogP contribution in [-0.4, -0.2) is 44.2 Å². The molecule has 2 fully saturated rings. The van der Waals surface area contributed by atoms with Crippen molar-refractivity contribution >= 4 is 0 Å². The van der Waals surface area contributed by atoms with E-state index in [-0.39, 0.29) is 29.8 Å². The predicted molar refractivity (Wildman–Crippen MR) is 73.4 cm³/mol. The summed E-state index contributed by atoms with van der Waals surface area (Å²) in [5.41, 5.74) is 0. The highest BCUT2D eigenvalue weighted by Crippen LogP contribution is 2.39. The van der Waals surface area contributed by atoms with Crippen LogP contribution in [0.4, 0.5) is 0 Å². The van der Waals surface area contributed by atoms with E-state index in [0.29, 0.717) is 0 Å². The minimum Gasteiger partial charge on any atom is -0.393 e. The van der Waals surface area contributed by atoms with E-state index in [4.69, 9.17) is 0 Å². The standard InChI is InChI=1S/C15H28O5/c16-13(9-1-5-11(6-2-9)14(17)18)10-3-7-12(8-4-10)15(19)20/h9-20H,1-8H2. The van der Waals surface area contributed by atoms with Gasteiger partial charge in [0, 0.05) is 11.8 Å².